The predicted molar refractivity (Wildman–Crippen MR) is 61.5 cm³/mol. The second-order valence-electron chi connectivity index (χ2n) is 4.62. The van der Waals surface area contributed by atoms with E-state index in [1.54, 1.807) is 0 Å². The van der Waals surface area contributed by atoms with Crippen molar-refractivity contribution >= 4 is 6.08 Å². The molecule has 1 aromatic carbocycles. The second-order valence-corrected chi connectivity index (χ2v) is 4.62. The summed E-state index contributed by atoms with van der Waals surface area (Å²) >= 11 is 0. The monoisotopic (exact) mass is 190 g/mol. The van der Waals surface area contributed by atoms with Crippen molar-refractivity contribution in [3.63, 3.8) is 0 Å². The average Bonchev–Trinajstić information content (AvgIpc) is 2.14. The summed E-state index contributed by atoms with van der Waals surface area (Å²) < 4.78 is 5.64. The van der Waals surface area contributed by atoms with Crippen LogP contribution in [0.25, 0.3) is 6.08 Å². The third kappa shape index (κ3) is 3.65. The van der Waals surface area contributed by atoms with E-state index in [1.807, 2.05) is 30.3 Å². The highest BCUT2D eigenvalue weighted by Crippen LogP contribution is 2.18. The Bertz CT molecular complexity index is 290. The minimum Gasteiger partial charge on any atom is -0.493 e. The van der Waals surface area contributed by atoms with Gasteiger partial charge in [-0.2, -0.15) is 0 Å². The van der Waals surface area contributed by atoms with Crippen molar-refractivity contribution in [2.75, 3.05) is 6.61 Å². The lowest BCUT2D eigenvalue weighted by atomic mass is 9.99. The van der Waals surface area contributed by atoms with Gasteiger partial charge in [-0.15, -0.1) is 0 Å². The number of ether oxygens (including phenoxy) is 1. The van der Waals surface area contributed by atoms with Crippen LogP contribution in [0.15, 0.2) is 30.8 Å². The minimum atomic E-state index is 0.205. The van der Waals surface area contributed by atoms with Gasteiger partial charge in [-0.1, -0.05) is 45.6 Å². The highest BCUT2D eigenvalue weighted by molar-refractivity contribution is 5.48. The molecule has 14 heavy (non-hydrogen) atoms. The molecule has 1 rings (SSSR count). The molecule has 0 spiro atoms. The quantitative estimate of drug-likeness (QED) is 0.705. The van der Waals surface area contributed by atoms with Gasteiger partial charge < -0.3 is 4.74 Å². The van der Waals surface area contributed by atoms with E-state index < -0.39 is 0 Å². The van der Waals surface area contributed by atoms with Gasteiger partial charge in [0, 0.05) is 0 Å². The molecule has 0 aliphatic heterocycles. The van der Waals surface area contributed by atoms with Gasteiger partial charge in [-0.05, 0) is 23.1 Å². The number of benzene rings is 1. The van der Waals surface area contributed by atoms with Crippen LogP contribution < -0.4 is 4.74 Å². The zero-order valence-corrected chi connectivity index (χ0v) is 9.21. The molecule has 0 bridgehead atoms. The molecule has 76 valence electrons. The highest BCUT2D eigenvalue weighted by Gasteiger charge is 2.10. The van der Waals surface area contributed by atoms with Gasteiger partial charge in [-0.3, -0.25) is 0 Å². The molecule has 0 radical (unpaired) electrons. The molecule has 0 fully saturated rings. The van der Waals surface area contributed by atoms with Crippen LogP contribution >= 0.6 is 0 Å². The van der Waals surface area contributed by atoms with Gasteiger partial charge in [-0.25, -0.2) is 0 Å². The van der Waals surface area contributed by atoms with E-state index in [2.05, 4.69) is 27.4 Å². The van der Waals surface area contributed by atoms with E-state index in [1.165, 1.54) is 0 Å². The maximum absolute atomic E-state index is 5.64. The molecule has 0 saturated carbocycles. The zero-order valence-electron chi connectivity index (χ0n) is 9.21. The molecule has 0 aliphatic rings. The molecule has 0 N–H and O–H groups in total. The van der Waals surface area contributed by atoms with E-state index in [0.717, 1.165) is 17.9 Å². The Morgan fingerprint density at radius 3 is 2.21 bits per heavy atom. The van der Waals surface area contributed by atoms with E-state index >= 15 is 0 Å². The van der Waals surface area contributed by atoms with Crippen LogP contribution in [0, 0.1) is 5.41 Å². The highest BCUT2D eigenvalue weighted by atomic mass is 16.5. The third-order valence-electron chi connectivity index (χ3n) is 1.79. The summed E-state index contributed by atoms with van der Waals surface area (Å²) in [4.78, 5) is 0. The van der Waals surface area contributed by atoms with Crippen LogP contribution in [0.1, 0.15) is 26.3 Å². The summed E-state index contributed by atoms with van der Waals surface area (Å²) in [6.45, 7) is 10.9. The van der Waals surface area contributed by atoms with E-state index in [-0.39, 0.29) is 5.41 Å². The summed E-state index contributed by atoms with van der Waals surface area (Å²) in [5.41, 5.74) is 1.32. The Balaban J connectivity index is 2.56. The number of rotatable bonds is 3. The van der Waals surface area contributed by atoms with Crippen molar-refractivity contribution in [3.8, 4) is 5.75 Å². The normalized spacial score (nSPS) is 11.1. The summed E-state index contributed by atoms with van der Waals surface area (Å²) in [5.74, 6) is 0.922. The van der Waals surface area contributed by atoms with Crippen molar-refractivity contribution in [3.05, 3.63) is 36.4 Å². The van der Waals surface area contributed by atoms with Crippen LogP contribution in [0.4, 0.5) is 0 Å². The first-order chi connectivity index (χ1) is 6.51. The summed E-state index contributed by atoms with van der Waals surface area (Å²) in [6, 6.07) is 7.96. The smallest absolute Gasteiger partial charge is 0.119 e. The molecule has 0 amide bonds. The van der Waals surface area contributed by atoms with Crippen molar-refractivity contribution < 1.29 is 4.74 Å². The first-order valence-electron chi connectivity index (χ1n) is 4.86. The Morgan fingerprint density at radius 2 is 1.79 bits per heavy atom. The van der Waals surface area contributed by atoms with Crippen LogP contribution in [0.5, 0.6) is 5.75 Å². The van der Waals surface area contributed by atoms with Crippen molar-refractivity contribution in [2.24, 2.45) is 5.41 Å². The van der Waals surface area contributed by atoms with Gasteiger partial charge in [0.15, 0.2) is 0 Å². The van der Waals surface area contributed by atoms with Crippen LogP contribution in [0.2, 0.25) is 0 Å². The van der Waals surface area contributed by atoms with Crippen LogP contribution in [-0.2, 0) is 0 Å². The minimum absolute atomic E-state index is 0.205. The third-order valence-corrected chi connectivity index (χ3v) is 1.79. The fraction of sp³-hybridized carbons (Fsp3) is 0.385. The van der Waals surface area contributed by atoms with Crippen molar-refractivity contribution in [1.29, 1.82) is 0 Å². The molecular weight excluding hydrogens is 172 g/mol. The number of hydrogen-bond donors (Lipinski definition) is 0. The lowest BCUT2D eigenvalue weighted by Crippen LogP contribution is -2.16. The predicted octanol–water partition coefficient (Wildman–Crippen LogP) is 3.75. The molecule has 0 aliphatic carbocycles. The fourth-order valence-corrected chi connectivity index (χ4v) is 1.000. The molecular formula is C13H18O. The molecule has 0 saturated heterocycles. The SMILES string of the molecule is C=Cc1ccc(OCC(C)(C)C)cc1. The Labute approximate surface area is 86.4 Å². The van der Waals surface area contributed by atoms with E-state index in [9.17, 15) is 0 Å². The standard InChI is InChI=1S/C13H18O/c1-5-11-6-8-12(9-7-11)14-10-13(2,3)4/h5-9H,1,10H2,2-4H3. The maximum Gasteiger partial charge on any atom is 0.119 e. The van der Waals surface area contributed by atoms with Crippen LogP contribution in [0.3, 0.4) is 0 Å². The largest absolute Gasteiger partial charge is 0.493 e. The van der Waals surface area contributed by atoms with Gasteiger partial charge in [0.25, 0.3) is 0 Å². The molecule has 1 heteroatoms. The van der Waals surface area contributed by atoms with Crippen molar-refractivity contribution in [1.82, 2.24) is 0 Å². The number of hydrogen-bond acceptors (Lipinski definition) is 1. The first-order valence-corrected chi connectivity index (χ1v) is 4.86. The summed E-state index contributed by atoms with van der Waals surface area (Å²) in [7, 11) is 0. The second kappa shape index (κ2) is 4.32. The Hall–Kier alpha value is -1.24. The molecule has 0 heterocycles. The van der Waals surface area contributed by atoms with E-state index in [0.29, 0.717) is 0 Å². The molecule has 1 nitrogen and oxygen atoms in total. The van der Waals surface area contributed by atoms with Gasteiger partial charge in [0.2, 0.25) is 0 Å². The molecule has 0 aromatic heterocycles. The lowest BCUT2D eigenvalue weighted by Gasteiger charge is -2.18. The lowest BCUT2D eigenvalue weighted by molar-refractivity contribution is 0.198. The summed E-state index contributed by atoms with van der Waals surface area (Å²) in [6.07, 6.45) is 1.83. The van der Waals surface area contributed by atoms with Crippen LogP contribution in [-0.4, -0.2) is 6.61 Å². The van der Waals surface area contributed by atoms with Gasteiger partial charge in [0.1, 0.15) is 5.75 Å². The average molecular weight is 190 g/mol. The summed E-state index contributed by atoms with van der Waals surface area (Å²) in [5, 5.41) is 0. The fourth-order valence-electron chi connectivity index (χ4n) is 1.000. The Kier molecular flexibility index (Phi) is 3.34. The zero-order chi connectivity index (χ0) is 10.6. The van der Waals surface area contributed by atoms with Gasteiger partial charge in [0.05, 0.1) is 6.61 Å². The van der Waals surface area contributed by atoms with Crippen molar-refractivity contribution in [2.45, 2.75) is 20.8 Å². The molecule has 0 atom stereocenters. The van der Waals surface area contributed by atoms with Gasteiger partial charge >= 0.3 is 0 Å². The van der Waals surface area contributed by atoms with E-state index in [4.69, 9.17) is 4.74 Å². The maximum atomic E-state index is 5.64. The topological polar surface area (TPSA) is 9.23 Å². The molecule has 0 unspecified atom stereocenters. The first kappa shape index (κ1) is 10.8. The Morgan fingerprint density at radius 1 is 1.21 bits per heavy atom. The molecule has 1 aromatic rings.